The van der Waals surface area contributed by atoms with Gasteiger partial charge >= 0.3 is 0 Å². The molecule has 0 fully saturated rings. The number of hydrogen-bond acceptors (Lipinski definition) is 2. The van der Waals surface area contributed by atoms with Gasteiger partial charge in [0.1, 0.15) is 0 Å². The van der Waals surface area contributed by atoms with Crippen LogP contribution < -0.4 is 5.09 Å². The maximum atomic E-state index is 8.22. The third-order valence-electron chi connectivity index (χ3n) is 0.818. The molecule has 0 aromatic rings. The zero-order valence-electron chi connectivity index (χ0n) is 6.26. The van der Waals surface area contributed by atoms with Crippen molar-refractivity contribution in [3.63, 3.8) is 0 Å². The molecule has 0 spiro atoms. The average Bonchev–Trinajstić information content (AvgIpc) is 1.82. The van der Waals surface area contributed by atoms with Crippen molar-refractivity contribution < 1.29 is 0 Å². The molecule has 1 N–H and O–H groups in total. The van der Waals surface area contributed by atoms with Crippen LogP contribution in [0.5, 0.6) is 0 Å². The molecular formula is C6H12ClN2P. The van der Waals surface area contributed by atoms with Crippen LogP contribution in [-0.2, 0) is 0 Å². The Morgan fingerprint density at radius 1 is 1.70 bits per heavy atom. The van der Waals surface area contributed by atoms with Gasteiger partial charge in [0.05, 0.1) is 13.5 Å². The Morgan fingerprint density at radius 3 is 2.70 bits per heavy atom. The lowest BCUT2D eigenvalue weighted by Gasteiger charge is -2.12. The Hall–Kier alpha value is 0.170. The Morgan fingerprint density at radius 2 is 2.30 bits per heavy atom. The van der Waals surface area contributed by atoms with Crippen LogP contribution in [0.1, 0.15) is 20.3 Å². The van der Waals surface area contributed by atoms with Crippen molar-refractivity contribution in [2.75, 3.05) is 6.16 Å². The number of rotatable bonds is 4. The van der Waals surface area contributed by atoms with Crippen LogP contribution in [0.2, 0.25) is 0 Å². The van der Waals surface area contributed by atoms with E-state index in [9.17, 15) is 0 Å². The van der Waals surface area contributed by atoms with Gasteiger partial charge in [-0.15, -0.1) is 0 Å². The van der Waals surface area contributed by atoms with Gasteiger partial charge in [-0.1, -0.05) is 11.2 Å². The minimum Gasteiger partial charge on any atom is -0.281 e. The lowest BCUT2D eigenvalue weighted by atomic mass is 10.4. The van der Waals surface area contributed by atoms with E-state index in [0.29, 0.717) is 12.5 Å². The maximum Gasteiger partial charge on any atom is 0.0626 e. The average molecular weight is 179 g/mol. The highest BCUT2D eigenvalue weighted by atomic mass is 35.7. The molecule has 0 aliphatic rings. The molecule has 0 aromatic heterocycles. The number of nitrogens with one attached hydrogen (secondary N) is 1. The molecule has 0 saturated heterocycles. The van der Waals surface area contributed by atoms with Crippen molar-refractivity contribution in [3.8, 4) is 6.07 Å². The van der Waals surface area contributed by atoms with Crippen LogP contribution in [0.3, 0.4) is 0 Å². The largest absolute Gasteiger partial charge is 0.281 e. The smallest absolute Gasteiger partial charge is 0.0626 e. The molecule has 0 saturated carbocycles. The van der Waals surface area contributed by atoms with Gasteiger partial charge in [0.2, 0.25) is 0 Å². The molecule has 0 aliphatic carbocycles. The van der Waals surface area contributed by atoms with Crippen molar-refractivity contribution >= 4 is 18.7 Å². The van der Waals surface area contributed by atoms with Crippen LogP contribution in [0, 0.1) is 11.3 Å². The van der Waals surface area contributed by atoms with E-state index >= 15 is 0 Å². The van der Waals surface area contributed by atoms with Crippen LogP contribution in [0.15, 0.2) is 0 Å². The van der Waals surface area contributed by atoms with E-state index in [1.165, 1.54) is 0 Å². The lowest BCUT2D eigenvalue weighted by Crippen LogP contribution is -2.15. The Labute approximate surface area is 68.2 Å². The highest BCUT2D eigenvalue weighted by Crippen LogP contribution is 2.37. The van der Waals surface area contributed by atoms with E-state index in [1.807, 2.05) is 13.8 Å². The molecule has 0 radical (unpaired) electrons. The van der Waals surface area contributed by atoms with Gasteiger partial charge in [-0.2, -0.15) is 5.26 Å². The summed E-state index contributed by atoms with van der Waals surface area (Å²) in [7, 11) is -0.626. The lowest BCUT2D eigenvalue weighted by molar-refractivity contribution is 0.763. The monoisotopic (exact) mass is 178 g/mol. The van der Waals surface area contributed by atoms with Crippen molar-refractivity contribution in [3.05, 3.63) is 0 Å². The van der Waals surface area contributed by atoms with E-state index in [0.717, 1.165) is 6.16 Å². The molecule has 58 valence electrons. The molecule has 0 aliphatic heterocycles. The third-order valence-corrected chi connectivity index (χ3v) is 3.03. The second-order valence-electron chi connectivity index (χ2n) is 2.28. The standard InChI is InChI=1S/C6H12ClN2P/c1-6(2)9-10(7)5-3-4-8/h6,9H,3,5H2,1-2H3. The minimum atomic E-state index is -0.626. The van der Waals surface area contributed by atoms with E-state index in [4.69, 9.17) is 16.5 Å². The summed E-state index contributed by atoms with van der Waals surface area (Å²) in [5.74, 6) is 0. The summed E-state index contributed by atoms with van der Waals surface area (Å²) in [5.41, 5.74) is 0. The summed E-state index contributed by atoms with van der Waals surface area (Å²) in [5, 5.41) is 11.4. The topological polar surface area (TPSA) is 35.8 Å². The van der Waals surface area contributed by atoms with Crippen LogP contribution in [0.25, 0.3) is 0 Å². The molecule has 1 atom stereocenters. The Bertz CT molecular complexity index is 121. The van der Waals surface area contributed by atoms with E-state index < -0.39 is 7.43 Å². The van der Waals surface area contributed by atoms with Crippen LogP contribution >= 0.6 is 18.7 Å². The van der Waals surface area contributed by atoms with Gasteiger partial charge < -0.3 is 0 Å². The number of nitrogens with zero attached hydrogens (tertiary/aromatic N) is 1. The molecule has 0 heterocycles. The molecule has 0 rings (SSSR count). The van der Waals surface area contributed by atoms with Gasteiger partial charge in [-0.25, -0.2) is 0 Å². The molecule has 10 heavy (non-hydrogen) atoms. The second kappa shape index (κ2) is 5.92. The summed E-state index contributed by atoms with van der Waals surface area (Å²) < 4.78 is 0. The van der Waals surface area contributed by atoms with Gasteiger partial charge in [0.25, 0.3) is 0 Å². The molecule has 1 unspecified atom stereocenters. The quantitative estimate of drug-likeness (QED) is 0.672. The maximum absolute atomic E-state index is 8.22. The van der Waals surface area contributed by atoms with Gasteiger partial charge in [-0.05, 0) is 13.8 Å². The Balaban J connectivity index is 3.27. The number of nitriles is 1. The first kappa shape index (κ1) is 10.2. The first-order valence-electron chi connectivity index (χ1n) is 3.23. The molecular weight excluding hydrogens is 167 g/mol. The summed E-state index contributed by atoms with van der Waals surface area (Å²) in [6.07, 6.45) is 1.33. The van der Waals surface area contributed by atoms with Crippen molar-refractivity contribution in [2.45, 2.75) is 26.3 Å². The summed E-state index contributed by atoms with van der Waals surface area (Å²) in [4.78, 5) is 0. The predicted octanol–water partition coefficient (Wildman–Crippen LogP) is 2.45. The summed E-state index contributed by atoms with van der Waals surface area (Å²) in [6, 6.07) is 2.48. The fourth-order valence-electron chi connectivity index (χ4n) is 0.493. The summed E-state index contributed by atoms with van der Waals surface area (Å²) in [6.45, 7) is 4.09. The summed E-state index contributed by atoms with van der Waals surface area (Å²) >= 11 is 5.86. The van der Waals surface area contributed by atoms with Crippen LogP contribution in [0.4, 0.5) is 0 Å². The highest BCUT2D eigenvalue weighted by molar-refractivity contribution is 7.82. The third kappa shape index (κ3) is 6.29. The first-order chi connectivity index (χ1) is 4.66. The van der Waals surface area contributed by atoms with Gasteiger partial charge in [0.15, 0.2) is 0 Å². The normalized spacial score (nSPS) is 13.1. The fourth-order valence-corrected chi connectivity index (χ4v) is 2.32. The molecule has 0 aromatic carbocycles. The molecule has 4 heteroatoms. The zero-order valence-corrected chi connectivity index (χ0v) is 7.91. The predicted molar refractivity (Wildman–Crippen MR) is 46.1 cm³/mol. The van der Waals surface area contributed by atoms with Gasteiger partial charge in [-0.3, -0.25) is 5.09 Å². The molecule has 0 bridgehead atoms. The van der Waals surface area contributed by atoms with E-state index in [-0.39, 0.29) is 0 Å². The Kier molecular flexibility index (Phi) is 6.02. The minimum absolute atomic E-state index is 0.419. The first-order valence-corrected chi connectivity index (χ1v) is 5.66. The highest BCUT2D eigenvalue weighted by Gasteiger charge is 2.03. The van der Waals surface area contributed by atoms with Gasteiger partial charge in [0, 0.05) is 18.6 Å². The second-order valence-corrected chi connectivity index (χ2v) is 4.93. The van der Waals surface area contributed by atoms with E-state index in [2.05, 4.69) is 11.2 Å². The SMILES string of the molecule is CC(C)NP(Cl)CCC#N. The number of halogens is 1. The van der Waals surface area contributed by atoms with E-state index in [1.54, 1.807) is 0 Å². The van der Waals surface area contributed by atoms with Crippen molar-refractivity contribution in [1.29, 1.82) is 5.26 Å². The zero-order chi connectivity index (χ0) is 7.98. The van der Waals surface area contributed by atoms with Crippen LogP contribution in [-0.4, -0.2) is 12.2 Å². The van der Waals surface area contributed by atoms with Crippen molar-refractivity contribution in [1.82, 2.24) is 5.09 Å². The van der Waals surface area contributed by atoms with Crippen molar-refractivity contribution in [2.24, 2.45) is 0 Å². The molecule has 0 amide bonds. The number of hydrogen-bond donors (Lipinski definition) is 1. The fraction of sp³-hybridized carbons (Fsp3) is 0.833. The molecule has 2 nitrogen and oxygen atoms in total.